The Bertz CT molecular complexity index is 359. The highest BCUT2D eigenvalue weighted by molar-refractivity contribution is 5.87. The molecule has 0 spiro atoms. The van der Waals surface area contributed by atoms with Crippen LogP contribution < -0.4 is 0 Å². The molecule has 0 unspecified atom stereocenters. The van der Waals surface area contributed by atoms with Crippen molar-refractivity contribution in [3.8, 4) is 0 Å². The highest BCUT2D eigenvalue weighted by atomic mass is 16.5. The first-order valence-corrected chi connectivity index (χ1v) is 4.43. The summed E-state index contributed by atoms with van der Waals surface area (Å²) in [7, 11) is 1.30. The molecule has 0 aliphatic rings. The van der Waals surface area contributed by atoms with Crippen LogP contribution in [0, 0.1) is 0 Å². The van der Waals surface area contributed by atoms with E-state index in [-0.39, 0.29) is 12.2 Å². The molecule has 15 heavy (non-hydrogen) atoms. The van der Waals surface area contributed by atoms with Crippen LogP contribution in [-0.4, -0.2) is 35.2 Å². The summed E-state index contributed by atoms with van der Waals surface area (Å²) < 4.78 is 10.7. The molecule has 0 aromatic carbocycles. The first-order chi connectivity index (χ1) is 7.17. The van der Waals surface area contributed by atoms with Gasteiger partial charge in [0, 0.05) is 6.20 Å². The van der Waals surface area contributed by atoms with Crippen molar-refractivity contribution in [3.63, 3.8) is 0 Å². The average Bonchev–Trinajstić information content (AvgIpc) is 2.66. The Labute approximate surface area is 86.8 Å². The molecule has 6 nitrogen and oxygen atoms in total. The summed E-state index contributed by atoms with van der Waals surface area (Å²) in [6, 6.07) is 0. The minimum absolute atomic E-state index is 0.0307. The summed E-state index contributed by atoms with van der Waals surface area (Å²) in [5.41, 5.74) is 0.181. The van der Waals surface area contributed by atoms with E-state index in [4.69, 9.17) is 4.74 Å². The van der Waals surface area contributed by atoms with Crippen LogP contribution in [0.2, 0.25) is 0 Å². The SMILES string of the molecule is CCOC(=O)c1cn(CC(=O)OC)cn1. The van der Waals surface area contributed by atoms with Crippen molar-refractivity contribution in [1.82, 2.24) is 9.55 Å². The molecule has 0 bridgehead atoms. The van der Waals surface area contributed by atoms with Crippen LogP contribution in [0.3, 0.4) is 0 Å². The van der Waals surface area contributed by atoms with Crippen molar-refractivity contribution in [2.45, 2.75) is 13.5 Å². The van der Waals surface area contributed by atoms with Gasteiger partial charge in [-0.1, -0.05) is 0 Å². The normalized spacial score (nSPS) is 9.73. The Balaban J connectivity index is 2.63. The summed E-state index contributed by atoms with van der Waals surface area (Å²) in [6.07, 6.45) is 2.82. The van der Waals surface area contributed by atoms with E-state index in [1.54, 1.807) is 6.92 Å². The van der Waals surface area contributed by atoms with Gasteiger partial charge in [-0.3, -0.25) is 4.79 Å². The van der Waals surface area contributed by atoms with Crippen LogP contribution in [0.5, 0.6) is 0 Å². The number of rotatable bonds is 4. The summed E-state index contributed by atoms with van der Waals surface area (Å²) >= 11 is 0. The Morgan fingerprint density at radius 1 is 1.53 bits per heavy atom. The summed E-state index contributed by atoms with van der Waals surface area (Å²) in [6.45, 7) is 2.04. The molecule has 0 saturated heterocycles. The van der Waals surface area contributed by atoms with Crippen LogP contribution in [-0.2, 0) is 20.8 Å². The third kappa shape index (κ3) is 3.08. The second-order valence-corrected chi connectivity index (χ2v) is 2.73. The van der Waals surface area contributed by atoms with E-state index in [2.05, 4.69) is 9.72 Å². The minimum atomic E-state index is -0.499. The number of nitrogens with zero attached hydrogens (tertiary/aromatic N) is 2. The number of esters is 2. The molecule has 0 saturated carbocycles. The Morgan fingerprint density at radius 3 is 2.87 bits per heavy atom. The lowest BCUT2D eigenvalue weighted by atomic mass is 10.5. The van der Waals surface area contributed by atoms with Gasteiger partial charge in [0.05, 0.1) is 20.0 Å². The number of methoxy groups -OCH3 is 1. The van der Waals surface area contributed by atoms with Crippen LogP contribution in [0.25, 0.3) is 0 Å². The average molecular weight is 212 g/mol. The van der Waals surface area contributed by atoms with Crippen molar-refractivity contribution in [2.24, 2.45) is 0 Å². The van der Waals surface area contributed by atoms with Gasteiger partial charge in [0.25, 0.3) is 0 Å². The van der Waals surface area contributed by atoms with Gasteiger partial charge in [-0.05, 0) is 6.92 Å². The van der Waals surface area contributed by atoms with Gasteiger partial charge in [0.15, 0.2) is 5.69 Å². The third-order valence-corrected chi connectivity index (χ3v) is 1.66. The second kappa shape index (κ2) is 5.14. The minimum Gasteiger partial charge on any atom is -0.468 e. The van der Waals surface area contributed by atoms with Gasteiger partial charge in [-0.15, -0.1) is 0 Å². The molecular formula is C9H12N2O4. The van der Waals surface area contributed by atoms with Crippen LogP contribution in [0.1, 0.15) is 17.4 Å². The summed E-state index contributed by atoms with van der Waals surface area (Å²) in [4.78, 5) is 25.9. The van der Waals surface area contributed by atoms with Crippen LogP contribution >= 0.6 is 0 Å². The van der Waals surface area contributed by atoms with E-state index in [0.717, 1.165) is 0 Å². The second-order valence-electron chi connectivity index (χ2n) is 2.73. The number of hydrogen-bond donors (Lipinski definition) is 0. The van der Waals surface area contributed by atoms with Gasteiger partial charge >= 0.3 is 11.9 Å². The van der Waals surface area contributed by atoms with Crippen molar-refractivity contribution in [2.75, 3.05) is 13.7 Å². The lowest BCUT2D eigenvalue weighted by molar-refractivity contribution is -0.141. The number of ether oxygens (including phenoxy) is 2. The molecule has 1 aromatic rings. The molecule has 0 aliphatic carbocycles. The lowest BCUT2D eigenvalue weighted by Gasteiger charge is -1.98. The number of imidazole rings is 1. The Morgan fingerprint density at radius 2 is 2.27 bits per heavy atom. The van der Waals surface area contributed by atoms with Gasteiger partial charge in [0.1, 0.15) is 6.54 Å². The first kappa shape index (κ1) is 11.2. The summed E-state index contributed by atoms with van der Waals surface area (Å²) in [5, 5.41) is 0. The van der Waals surface area contributed by atoms with E-state index in [1.165, 1.54) is 24.2 Å². The molecule has 0 amide bonds. The van der Waals surface area contributed by atoms with Gasteiger partial charge in [-0.25, -0.2) is 9.78 Å². The largest absolute Gasteiger partial charge is 0.468 e. The summed E-state index contributed by atoms with van der Waals surface area (Å²) in [5.74, 6) is -0.899. The zero-order valence-electron chi connectivity index (χ0n) is 8.60. The fourth-order valence-electron chi connectivity index (χ4n) is 0.971. The van der Waals surface area contributed by atoms with Crippen molar-refractivity contribution >= 4 is 11.9 Å². The molecule has 0 aliphatic heterocycles. The maximum atomic E-state index is 11.2. The standard InChI is InChI=1S/C9H12N2O4/c1-3-15-9(13)7-4-11(6-10-7)5-8(12)14-2/h4,6H,3,5H2,1-2H3. The van der Waals surface area contributed by atoms with Crippen LogP contribution in [0.4, 0.5) is 0 Å². The maximum absolute atomic E-state index is 11.2. The molecule has 1 aromatic heterocycles. The highest BCUT2D eigenvalue weighted by Crippen LogP contribution is 1.99. The van der Waals surface area contributed by atoms with Crippen molar-refractivity contribution < 1.29 is 19.1 Å². The molecule has 0 atom stereocenters. The smallest absolute Gasteiger partial charge is 0.358 e. The predicted molar refractivity (Wildman–Crippen MR) is 50.2 cm³/mol. The molecule has 0 fully saturated rings. The van der Waals surface area contributed by atoms with Gasteiger partial charge in [-0.2, -0.15) is 0 Å². The number of carbonyl (C=O) groups excluding carboxylic acids is 2. The highest BCUT2D eigenvalue weighted by Gasteiger charge is 2.11. The Hall–Kier alpha value is -1.85. The fourth-order valence-corrected chi connectivity index (χ4v) is 0.971. The van der Waals surface area contributed by atoms with E-state index < -0.39 is 11.9 Å². The lowest BCUT2D eigenvalue weighted by Crippen LogP contribution is -2.10. The third-order valence-electron chi connectivity index (χ3n) is 1.66. The van der Waals surface area contributed by atoms with Gasteiger partial charge < -0.3 is 14.0 Å². The molecular weight excluding hydrogens is 200 g/mol. The monoisotopic (exact) mass is 212 g/mol. The fraction of sp³-hybridized carbons (Fsp3) is 0.444. The quantitative estimate of drug-likeness (QED) is 0.668. The number of aromatic nitrogens is 2. The van der Waals surface area contributed by atoms with E-state index >= 15 is 0 Å². The maximum Gasteiger partial charge on any atom is 0.358 e. The molecule has 1 heterocycles. The first-order valence-electron chi connectivity index (χ1n) is 4.43. The zero-order valence-corrected chi connectivity index (χ0v) is 8.60. The van der Waals surface area contributed by atoms with E-state index in [1.807, 2.05) is 0 Å². The molecule has 0 radical (unpaired) electrons. The molecule has 0 N–H and O–H groups in total. The Kier molecular flexibility index (Phi) is 3.84. The van der Waals surface area contributed by atoms with E-state index in [9.17, 15) is 9.59 Å². The van der Waals surface area contributed by atoms with Crippen molar-refractivity contribution in [1.29, 1.82) is 0 Å². The van der Waals surface area contributed by atoms with Crippen molar-refractivity contribution in [3.05, 3.63) is 18.2 Å². The number of hydrogen-bond acceptors (Lipinski definition) is 5. The predicted octanol–water partition coefficient (Wildman–Crippen LogP) is 0.233. The van der Waals surface area contributed by atoms with Crippen LogP contribution in [0.15, 0.2) is 12.5 Å². The zero-order chi connectivity index (χ0) is 11.3. The topological polar surface area (TPSA) is 70.4 Å². The number of carbonyl (C=O) groups is 2. The van der Waals surface area contributed by atoms with E-state index in [0.29, 0.717) is 6.61 Å². The molecule has 1 rings (SSSR count). The van der Waals surface area contributed by atoms with Gasteiger partial charge in [0.2, 0.25) is 0 Å². The molecule has 6 heteroatoms. The molecule has 82 valence electrons.